The zero-order valence-corrected chi connectivity index (χ0v) is 22.2. The zero-order valence-electron chi connectivity index (χ0n) is 22.2. The summed E-state index contributed by atoms with van der Waals surface area (Å²) in [7, 11) is 0. The van der Waals surface area contributed by atoms with Crippen molar-refractivity contribution in [3.63, 3.8) is 0 Å². The van der Waals surface area contributed by atoms with Crippen LogP contribution in [0.25, 0.3) is 0 Å². The van der Waals surface area contributed by atoms with Gasteiger partial charge in [-0.2, -0.15) is 0 Å². The first kappa shape index (κ1) is 23.5. The van der Waals surface area contributed by atoms with Crippen LogP contribution in [0.5, 0.6) is 0 Å². The number of carbonyl (C=O) groups is 1. The Morgan fingerprint density at radius 2 is 1.71 bits per heavy atom. The molecular weight excluding hydrogens is 424 g/mol. The van der Waals surface area contributed by atoms with Gasteiger partial charge in [0.25, 0.3) is 0 Å². The van der Waals surface area contributed by atoms with E-state index < -0.39 is 17.2 Å². The lowest BCUT2D eigenvalue weighted by molar-refractivity contribution is -0.395. The SMILES string of the molecule is C[C@H]1[C@H](C)CC[C@]2(C(=O)O)CC[C@]3(C)C(=CC[C@@H]4[C@]56CC[C@](O)(OC5)C(C)(C)[C@@H]6CC[C@]43C)[C@@H]12. The van der Waals surface area contributed by atoms with Crippen LogP contribution in [-0.4, -0.2) is 28.6 Å². The molecular formula is C30H46O4. The Labute approximate surface area is 205 Å². The van der Waals surface area contributed by atoms with Crippen molar-refractivity contribution < 1.29 is 19.7 Å². The summed E-state index contributed by atoms with van der Waals surface area (Å²) in [5, 5.41) is 21.9. The van der Waals surface area contributed by atoms with Crippen molar-refractivity contribution in [1.82, 2.24) is 0 Å². The Balaban J connectivity index is 1.47. The van der Waals surface area contributed by atoms with E-state index >= 15 is 0 Å². The Bertz CT molecular complexity index is 941. The smallest absolute Gasteiger partial charge is 0.310 e. The highest BCUT2D eigenvalue weighted by Gasteiger charge is 2.74. The minimum Gasteiger partial charge on any atom is -0.481 e. The molecule has 190 valence electrons. The number of carboxylic acid groups (broad SMARTS) is 1. The van der Waals surface area contributed by atoms with E-state index in [4.69, 9.17) is 4.74 Å². The summed E-state index contributed by atoms with van der Waals surface area (Å²) in [5.41, 5.74) is 1.00. The second kappa shape index (κ2) is 6.71. The molecule has 4 heteroatoms. The van der Waals surface area contributed by atoms with Gasteiger partial charge in [-0.1, -0.05) is 53.2 Å². The van der Waals surface area contributed by atoms with Crippen molar-refractivity contribution >= 4 is 5.97 Å². The monoisotopic (exact) mass is 470 g/mol. The van der Waals surface area contributed by atoms with Gasteiger partial charge in [0.2, 0.25) is 0 Å². The van der Waals surface area contributed by atoms with Crippen molar-refractivity contribution in [1.29, 1.82) is 0 Å². The van der Waals surface area contributed by atoms with Gasteiger partial charge in [0.1, 0.15) is 0 Å². The fourth-order valence-electron chi connectivity index (χ4n) is 11.3. The molecule has 4 nitrogen and oxygen atoms in total. The maximum atomic E-state index is 12.8. The van der Waals surface area contributed by atoms with Gasteiger partial charge in [0.15, 0.2) is 5.79 Å². The highest BCUT2D eigenvalue weighted by atomic mass is 16.6. The lowest BCUT2D eigenvalue weighted by atomic mass is 9.32. The van der Waals surface area contributed by atoms with Crippen molar-refractivity contribution in [2.45, 2.75) is 105 Å². The first-order chi connectivity index (χ1) is 15.8. The van der Waals surface area contributed by atoms with Crippen LogP contribution in [0.4, 0.5) is 0 Å². The van der Waals surface area contributed by atoms with E-state index in [9.17, 15) is 15.0 Å². The van der Waals surface area contributed by atoms with E-state index in [1.165, 1.54) is 12.0 Å². The van der Waals surface area contributed by atoms with E-state index in [0.29, 0.717) is 30.3 Å². The molecule has 0 aromatic rings. The first-order valence-electron chi connectivity index (χ1n) is 14.1. The molecule has 7 aliphatic rings. The van der Waals surface area contributed by atoms with Crippen LogP contribution < -0.4 is 0 Å². The number of aliphatic carboxylic acids is 1. The van der Waals surface area contributed by atoms with Gasteiger partial charge in [-0.15, -0.1) is 0 Å². The highest BCUT2D eigenvalue weighted by molar-refractivity contribution is 5.76. The summed E-state index contributed by atoms with van der Waals surface area (Å²) in [6.45, 7) is 14.9. The fourth-order valence-corrected chi connectivity index (χ4v) is 11.3. The lowest BCUT2D eigenvalue weighted by Gasteiger charge is -2.74. The number of allylic oxidation sites excluding steroid dienone is 2. The molecule has 2 aliphatic heterocycles. The van der Waals surface area contributed by atoms with Crippen LogP contribution >= 0.6 is 0 Å². The van der Waals surface area contributed by atoms with Crippen LogP contribution in [0.15, 0.2) is 11.6 Å². The molecule has 4 saturated carbocycles. The second-order valence-electron chi connectivity index (χ2n) is 14.6. The predicted octanol–water partition coefficient (Wildman–Crippen LogP) is 6.43. The number of fused-ring (bicyclic) bond motifs is 7. The number of ether oxygens (including phenoxy) is 1. The second-order valence-corrected chi connectivity index (χ2v) is 14.6. The Morgan fingerprint density at radius 1 is 0.971 bits per heavy atom. The van der Waals surface area contributed by atoms with Crippen LogP contribution in [0, 0.1) is 56.7 Å². The summed E-state index contributed by atoms with van der Waals surface area (Å²) < 4.78 is 6.32. The average Bonchev–Trinajstić information content (AvgIpc) is 2.77. The topological polar surface area (TPSA) is 66.8 Å². The van der Waals surface area contributed by atoms with Gasteiger partial charge in [-0.3, -0.25) is 4.79 Å². The first-order valence-corrected chi connectivity index (χ1v) is 14.1. The average molecular weight is 471 g/mol. The molecule has 10 atom stereocenters. The number of aliphatic hydroxyl groups is 1. The molecule has 2 heterocycles. The predicted molar refractivity (Wildman–Crippen MR) is 132 cm³/mol. The normalized spacial score (nSPS) is 57.5. The van der Waals surface area contributed by atoms with Crippen LogP contribution in [0.3, 0.4) is 0 Å². The molecule has 6 fully saturated rings. The zero-order chi connectivity index (χ0) is 24.5. The molecule has 5 aliphatic carbocycles. The third kappa shape index (κ3) is 2.37. The summed E-state index contributed by atoms with van der Waals surface area (Å²) in [6, 6.07) is 0. The van der Waals surface area contributed by atoms with Gasteiger partial charge < -0.3 is 14.9 Å². The fraction of sp³-hybridized carbons (Fsp3) is 0.900. The molecule has 0 radical (unpaired) electrons. The summed E-state index contributed by atoms with van der Waals surface area (Å²) in [4.78, 5) is 12.8. The molecule has 7 rings (SSSR count). The molecule has 34 heavy (non-hydrogen) atoms. The van der Waals surface area contributed by atoms with Crippen molar-refractivity contribution in [2.75, 3.05) is 6.61 Å². The van der Waals surface area contributed by atoms with Crippen molar-refractivity contribution in [3.05, 3.63) is 11.6 Å². The van der Waals surface area contributed by atoms with E-state index in [1.807, 2.05) is 0 Å². The van der Waals surface area contributed by atoms with Crippen LogP contribution in [0.1, 0.15) is 99.3 Å². The minimum absolute atomic E-state index is 0.0416. The van der Waals surface area contributed by atoms with E-state index in [0.717, 1.165) is 51.4 Å². The van der Waals surface area contributed by atoms with Gasteiger partial charge in [-0.05, 0) is 91.8 Å². The van der Waals surface area contributed by atoms with Crippen LogP contribution in [-0.2, 0) is 9.53 Å². The molecule has 0 aromatic carbocycles. The lowest BCUT2D eigenvalue weighted by Crippen LogP contribution is -2.73. The number of rotatable bonds is 1. The quantitative estimate of drug-likeness (QED) is 0.434. The third-order valence-corrected chi connectivity index (χ3v) is 13.9. The summed E-state index contributed by atoms with van der Waals surface area (Å²) >= 11 is 0. The number of carboxylic acids is 1. The van der Waals surface area contributed by atoms with Gasteiger partial charge in [-0.25, -0.2) is 0 Å². The van der Waals surface area contributed by atoms with Crippen molar-refractivity contribution in [2.24, 2.45) is 56.7 Å². The molecule has 0 aromatic heterocycles. The molecule has 0 amide bonds. The molecule has 0 unspecified atom stereocenters. The minimum atomic E-state index is -0.980. The standard InChI is InChI=1S/C30H46O4/c1-18-9-12-28(24(31)32)14-13-26(5)20(23(28)19(18)2)7-8-22-27(26,6)11-10-21-25(3,4)30(33)16-15-29(21,22)17-34-30/h7,18-19,21-23,33H,8-17H2,1-6H3,(H,31,32)/t18-,19+,21+,22+,23-,26-,27-,28+,29-,30+/m1/s1. The van der Waals surface area contributed by atoms with E-state index in [1.54, 1.807) is 0 Å². The molecule has 2 saturated heterocycles. The van der Waals surface area contributed by atoms with Gasteiger partial charge in [0, 0.05) is 17.3 Å². The number of hydrogen-bond donors (Lipinski definition) is 2. The van der Waals surface area contributed by atoms with Gasteiger partial charge in [0.05, 0.1) is 12.0 Å². The van der Waals surface area contributed by atoms with Crippen molar-refractivity contribution in [3.8, 4) is 0 Å². The Hall–Kier alpha value is -0.870. The van der Waals surface area contributed by atoms with E-state index in [-0.39, 0.29) is 27.6 Å². The molecule has 2 bridgehead atoms. The Morgan fingerprint density at radius 3 is 2.35 bits per heavy atom. The highest BCUT2D eigenvalue weighted by Crippen LogP contribution is 2.77. The maximum absolute atomic E-state index is 12.8. The van der Waals surface area contributed by atoms with E-state index in [2.05, 4.69) is 47.6 Å². The maximum Gasteiger partial charge on any atom is 0.310 e. The largest absolute Gasteiger partial charge is 0.481 e. The Kier molecular flexibility index (Phi) is 4.64. The van der Waals surface area contributed by atoms with Gasteiger partial charge >= 0.3 is 5.97 Å². The summed E-state index contributed by atoms with van der Waals surface area (Å²) in [6.07, 6.45) is 11.4. The summed E-state index contributed by atoms with van der Waals surface area (Å²) in [5.74, 6) is 0.631. The number of hydrogen-bond acceptors (Lipinski definition) is 3. The van der Waals surface area contributed by atoms with Crippen LogP contribution in [0.2, 0.25) is 0 Å². The third-order valence-electron chi connectivity index (χ3n) is 13.9. The molecule has 2 N–H and O–H groups in total. The molecule has 1 spiro atoms.